The van der Waals surface area contributed by atoms with Crippen LogP contribution in [-0.2, 0) is 4.79 Å². The molecule has 1 amide bonds. The van der Waals surface area contributed by atoms with E-state index in [0.717, 1.165) is 31.6 Å². The van der Waals surface area contributed by atoms with Crippen LogP contribution < -0.4 is 5.32 Å². The van der Waals surface area contributed by atoms with Crippen LogP contribution in [0.5, 0.6) is 0 Å². The number of amides is 1. The average molecular weight is 283 g/mol. The Morgan fingerprint density at radius 3 is 2.52 bits per heavy atom. The number of carbonyl (C=O) groups is 1. The van der Waals surface area contributed by atoms with Gasteiger partial charge in [-0.15, -0.1) is 0 Å². The molecule has 0 atom stereocenters. The number of nitrogens with one attached hydrogen (secondary N) is 1. The van der Waals surface area contributed by atoms with Crippen molar-refractivity contribution in [2.24, 2.45) is 5.92 Å². The van der Waals surface area contributed by atoms with E-state index in [0.29, 0.717) is 5.92 Å². The molecular formula is C17H21N3O. The summed E-state index contributed by atoms with van der Waals surface area (Å²) in [5.41, 5.74) is 2.20. The number of anilines is 1. The standard InChI is InChI=1S/C17H21N3O/c1-13-3-5-16(6-4-13)19-12-15(11-18)17(21)20-9-7-14(2)8-10-20/h3-6,12,14,19H,7-10H2,1-2H3/b15-12-. The number of nitrogens with zero attached hydrogens (tertiary/aromatic N) is 2. The van der Waals surface area contributed by atoms with Crippen LogP contribution in [0.15, 0.2) is 36.0 Å². The number of carbonyl (C=O) groups excluding carboxylic acids is 1. The summed E-state index contributed by atoms with van der Waals surface area (Å²) in [5.74, 6) is 0.485. The number of aryl methyl sites for hydroxylation is 1. The molecule has 4 heteroatoms. The third kappa shape index (κ3) is 4.09. The molecular weight excluding hydrogens is 262 g/mol. The van der Waals surface area contributed by atoms with Gasteiger partial charge in [0.2, 0.25) is 0 Å². The molecule has 1 aliphatic heterocycles. The van der Waals surface area contributed by atoms with Crippen LogP contribution in [0, 0.1) is 24.2 Å². The van der Waals surface area contributed by atoms with E-state index in [9.17, 15) is 10.1 Å². The Balaban J connectivity index is 2.01. The molecule has 1 aromatic carbocycles. The first-order valence-corrected chi connectivity index (χ1v) is 7.33. The van der Waals surface area contributed by atoms with Crippen molar-refractivity contribution in [1.29, 1.82) is 5.26 Å². The largest absolute Gasteiger partial charge is 0.360 e. The van der Waals surface area contributed by atoms with Gasteiger partial charge in [0.1, 0.15) is 11.6 Å². The summed E-state index contributed by atoms with van der Waals surface area (Å²) in [5, 5.41) is 12.2. The molecule has 21 heavy (non-hydrogen) atoms. The third-order valence-corrected chi connectivity index (χ3v) is 3.86. The van der Waals surface area contributed by atoms with E-state index in [4.69, 9.17) is 0 Å². The Bertz CT molecular complexity index is 561. The number of hydrogen-bond acceptors (Lipinski definition) is 3. The maximum Gasteiger partial charge on any atom is 0.266 e. The number of benzene rings is 1. The Hall–Kier alpha value is -2.28. The SMILES string of the molecule is Cc1ccc(N/C=C(/C#N)C(=O)N2CCC(C)CC2)cc1. The first kappa shape index (κ1) is 15.1. The summed E-state index contributed by atoms with van der Waals surface area (Å²) in [4.78, 5) is 14.1. The van der Waals surface area contributed by atoms with Gasteiger partial charge >= 0.3 is 0 Å². The van der Waals surface area contributed by atoms with E-state index in [2.05, 4.69) is 12.2 Å². The summed E-state index contributed by atoms with van der Waals surface area (Å²) in [7, 11) is 0. The fraction of sp³-hybridized carbons (Fsp3) is 0.412. The van der Waals surface area contributed by atoms with E-state index >= 15 is 0 Å². The number of hydrogen-bond donors (Lipinski definition) is 1. The van der Waals surface area contributed by atoms with Gasteiger partial charge in [-0.2, -0.15) is 5.26 Å². The summed E-state index contributed by atoms with van der Waals surface area (Å²) < 4.78 is 0. The van der Waals surface area contributed by atoms with Gasteiger partial charge in [0.05, 0.1) is 0 Å². The fourth-order valence-corrected chi connectivity index (χ4v) is 2.33. The number of rotatable bonds is 3. The van der Waals surface area contributed by atoms with Crippen molar-refractivity contribution in [3.63, 3.8) is 0 Å². The highest BCUT2D eigenvalue weighted by atomic mass is 16.2. The van der Waals surface area contributed by atoms with Crippen molar-refractivity contribution in [3.8, 4) is 6.07 Å². The van der Waals surface area contributed by atoms with E-state index in [1.165, 1.54) is 11.8 Å². The molecule has 0 aromatic heterocycles. The average Bonchev–Trinajstić information content (AvgIpc) is 2.50. The Kier molecular flexibility index (Phi) is 4.99. The van der Waals surface area contributed by atoms with E-state index in [-0.39, 0.29) is 11.5 Å². The van der Waals surface area contributed by atoms with Crippen molar-refractivity contribution in [3.05, 3.63) is 41.6 Å². The molecule has 0 bridgehead atoms. The maximum absolute atomic E-state index is 12.3. The molecule has 1 fully saturated rings. The summed E-state index contributed by atoms with van der Waals surface area (Å²) in [6.45, 7) is 5.69. The van der Waals surface area contributed by atoms with Gasteiger partial charge in [0.25, 0.3) is 5.91 Å². The van der Waals surface area contributed by atoms with Crippen LogP contribution in [0.2, 0.25) is 0 Å². The van der Waals surface area contributed by atoms with Gasteiger partial charge in [-0.1, -0.05) is 24.6 Å². The lowest BCUT2D eigenvalue weighted by atomic mass is 9.99. The normalized spacial score (nSPS) is 16.4. The minimum atomic E-state index is -0.177. The highest BCUT2D eigenvalue weighted by Gasteiger charge is 2.22. The predicted molar refractivity (Wildman–Crippen MR) is 83.5 cm³/mol. The lowest BCUT2D eigenvalue weighted by Crippen LogP contribution is -2.38. The highest BCUT2D eigenvalue weighted by Crippen LogP contribution is 2.18. The number of likely N-dealkylation sites (tertiary alicyclic amines) is 1. The predicted octanol–water partition coefficient (Wildman–Crippen LogP) is 3.07. The van der Waals surface area contributed by atoms with Gasteiger partial charge in [-0.25, -0.2) is 0 Å². The Labute approximate surface area is 126 Å². The zero-order chi connectivity index (χ0) is 15.2. The van der Waals surface area contributed by atoms with Gasteiger partial charge < -0.3 is 10.2 Å². The Morgan fingerprint density at radius 2 is 1.95 bits per heavy atom. The molecule has 1 aromatic rings. The van der Waals surface area contributed by atoms with Crippen LogP contribution in [0.25, 0.3) is 0 Å². The van der Waals surface area contributed by atoms with E-state index in [1.807, 2.05) is 37.3 Å². The quantitative estimate of drug-likeness (QED) is 0.685. The molecule has 0 saturated carbocycles. The maximum atomic E-state index is 12.3. The highest BCUT2D eigenvalue weighted by molar-refractivity contribution is 5.97. The van der Waals surface area contributed by atoms with Crippen molar-refractivity contribution in [2.75, 3.05) is 18.4 Å². The van der Waals surface area contributed by atoms with Crippen LogP contribution >= 0.6 is 0 Å². The molecule has 0 spiro atoms. The molecule has 1 heterocycles. The smallest absolute Gasteiger partial charge is 0.266 e. The first-order chi connectivity index (χ1) is 10.1. The summed E-state index contributed by atoms with van der Waals surface area (Å²) in [6, 6.07) is 9.81. The molecule has 0 radical (unpaired) electrons. The molecule has 0 aliphatic carbocycles. The minimum absolute atomic E-state index is 0.158. The van der Waals surface area contributed by atoms with E-state index in [1.54, 1.807) is 4.90 Å². The lowest BCUT2D eigenvalue weighted by molar-refractivity contribution is -0.128. The van der Waals surface area contributed by atoms with Crippen molar-refractivity contribution >= 4 is 11.6 Å². The fourth-order valence-electron chi connectivity index (χ4n) is 2.33. The van der Waals surface area contributed by atoms with Crippen LogP contribution in [0.4, 0.5) is 5.69 Å². The topological polar surface area (TPSA) is 56.1 Å². The zero-order valence-corrected chi connectivity index (χ0v) is 12.6. The van der Waals surface area contributed by atoms with Crippen LogP contribution in [-0.4, -0.2) is 23.9 Å². The molecule has 1 aliphatic rings. The van der Waals surface area contributed by atoms with Crippen LogP contribution in [0.1, 0.15) is 25.3 Å². The van der Waals surface area contributed by atoms with Crippen molar-refractivity contribution in [2.45, 2.75) is 26.7 Å². The number of nitriles is 1. The third-order valence-electron chi connectivity index (χ3n) is 3.86. The Morgan fingerprint density at radius 1 is 1.33 bits per heavy atom. The van der Waals surface area contributed by atoms with Gasteiger partial charge in [-0.3, -0.25) is 4.79 Å². The lowest BCUT2D eigenvalue weighted by Gasteiger charge is -2.30. The molecule has 4 nitrogen and oxygen atoms in total. The monoisotopic (exact) mass is 283 g/mol. The van der Waals surface area contributed by atoms with Crippen molar-refractivity contribution < 1.29 is 4.79 Å². The van der Waals surface area contributed by atoms with Crippen LogP contribution in [0.3, 0.4) is 0 Å². The summed E-state index contributed by atoms with van der Waals surface area (Å²) >= 11 is 0. The molecule has 110 valence electrons. The number of piperidine rings is 1. The van der Waals surface area contributed by atoms with Gasteiger partial charge in [0.15, 0.2) is 0 Å². The first-order valence-electron chi connectivity index (χ1n) is 7.33. The molecule has 1 saturated heterocycles. The second kappa shape index (κ2) is 6.94. The van der Waals surface area contributed by atoms with E-state index < -0.39 is 0 Å². The second-order valence-corrected chi connectivity index (χ2v) is 5.65. The minimum Gasteiger partial charge on any atom is -0.360 e. The molecule has 0 unspecified atom stereocenters. The zero-order valence-electron chi connectivity index (χ0n) is 12.6. The van der Waals surface area contributed by atoms with Gasteiger partial charge in [-0.05, 0) is 37.8 Å². The second-order valence-electron chi connectivity index (χ2n) is 5.65. The summed E-state index contributed by atoms with van der Waals surface area (Å²) in [6.07, 6.45) is 3.52. The van der Waals surface area contributed by atoms with Gasteiger partial charge in [0, 0.05) is 25.0 Å². The van der Waals surface area contributed by atoms with Crippen molar-refractivity contribution in [1.82, 2.24) is 4.90 Å². The molecule has 1 N–H and O–H groups in total. The molecule has 2 rings (SSSR count).